The fourth-order valence-corrected chi connectivity index (χ4v) is 10.8. The van der Waals surface area contributed by atoms with Gasteiger partial charge >= 0.3 is 10.2 Å². The number of thiazole rings is 1. The van der Waals surface area contributed by atoms with Gasteiger partial charge in [-0.05, 0) is 66.3 Å². The summed E-state index contributed by atoms with van der Waals surface area (Å²) in [6.45, 7) is 9.12. The number of nitrogens with one attached hydrogen (secondary N) is 4. The first-order chi connectivity index (χ1) is 33.2. The van der Waals surface area contributed by atoms with Crippen molar-refractivity contribution in [2.24, 2.45) is 5.41 Å². The zero-order valence-corrected chi connectivity index (χ0v) is 41.5. The van der Waals surface area contributed by atoms with Crippen LogP contribution in [0.2, 0.25) is 0 Å². The van der Waals surface area contributed by atoms with Crippen molar-refractivity contribution in [3.63, 3.8) is 0 Å². The third-order valence-corrected chi connectivity index (χ3v) is 14.9. The Morgan fingerprint density at radius 1 is 0.957 bits per heavy atom. The highest BCUT2D eigenvalue weighted by molar-refractivity contribution is 7.92. The summed E-state index contributed by atoms with van der Waals surface area (Å²) in [6, 6.07) is 11.7. The third-order valence-electron chi connectivity index (χ3n) is 12.6. The van der Waals surface area contributed by atoms with E-state index < -0.39 is 69.4 Å². The van der Waals surface area contributed by atoms with Crippen molar-refractivity contribution in [3.8, 4) is 27.3 Å². The van der Waals surface area contributed by atoms with Crippen LogP contribution in [0.4, 0.5) is 10.1 Å². The second-order valence-corrected chi connectivity index (χ2v) is 21.5. The van der Waals surface area contributed by atoms with Crippen molar-refractivity contribution in [2.45, 2.75) is 117 Å². The monoisotopic (exact) mass is 1000 g/mol. The van der Waals surface area contributed by atoms with Crippen LogP contribution in [-0.4, -0.2) is 106 Å². The third kappa shape index (κ3) is 12.1. The maximum absolute atomic E-state index is 15.7. The predicted molar refractivity (Wildman–Crippen MR) is 263 cm³/mol. The number of amides is 5. The van der Waals surface area contributed by atoms with E-state index in [9.17, 15) is 42.6 Å². The molecule has 5 aromatic rings. The molecule has 70 heavy (non-hydrogen) atoms. The number of β-amino-alcohol motifs (C(OH)–C–C–N with tert-alkyl or cyclic N) is 1. The van der Waals surface area contributed by atoms with E-state index in [-0.39, 0.29) is 55.1 Å². The van der Waals surface area contributed by atoms with Gasteiger partial charge in [0.1, 0.15) is 36.6 Å². The Morgan fingerprint density at radius 2 is 1.66 bits per heavy atom. The molecule has 0 unspecified atom stereocenters. The van der Waals surface area contributed by atoms with Gasteiger partial charge in [0.05, 0.1) is 34.4 Å². The Bertz CT molecular complexity index is 2860. The van der Waals surface area contributed by atoms with Gasteiger partial charge in [0.25, 0.3) is 5.91 Å². The number of aromatic nitrogens is 3. The molecular weight excluding hydrogens is 942 g/mol. The topological polar surface area (TPSA) is 245 Å². The molecule has 2 saturated heterocycles. The molecule has 2 aliphatic rings. The second kappa shape index (κ2) is 21.7. The van der Waals surface area contributed by atoms with E-state index in [0.717, 1.165) is 53.8 Å². The number of phenolic OH excluding ortho intramolecular Hbond substituents is 1. The van der Waals surface area contributed by atoms with Crippen LogP contribution in [0.15, 0.2) is 66.4 Å². The number of aliphatic hydroxyl groups is 1. The minimum Gasteiger partial charge on any atom is -0.506 e. The molecule has 0 saturated carbocycles. The van der Waals surface area contributed by atoms with Crippen LogP contribution in [0.3, 0.4) is 0 Å². The van der Waals surface area contributed by atoms with Gasteiger partial charge in [0.15, 0.2) is 5.82 Å². The minimum atomic E-state index is -4.37. The van der Waals surface area contributed by atoms with Gasteiger partial charge in [-0.2, -0.15) is 13.5 Å². The number of aryl methyl sites for hydroxylation is 1. The maximum atomic E-state index is 15.7. The quantitative estimate of drug-likeness (QED) is 0.0574. The van der Waals surface area contributed by atoms with E-state index in [1.807, 2.05) is 64.4 Å². The number of carbonyl (C=O) groups excluding carboxylic acids is 5. The highest BCUT2D eigenvalue weighted by Crippen LogP contribution is 2.40. The van der Waals surface area contributed by atoms with Gasteiger partial charge in [-0.3, -0.25) is 28.7 Å². The molecule has 21 heteroatoms. The van der Waals surface area contributed by atoms with Crippen LogP contribution in [0.5, 0.6) is 5.75 Å². The number of carbonyl (C=O) groups is 5. The van der Waals surface area contributed by atoms with Gasteiger partial charge in [-0.1, -0.05) is 82.9 Å². The molecule has 18 nitrogen and oxygen atoms in total. The fraction of sp³-hybridized carbons (Fsp3) is 0.449. The highest BCUT2D eigenvalue weighted by atomic mass is 32.2. The number of fused-ring (bicyclic) bond motifs is 1. The molecule has 2 fully saturated rings. The number of aromatic hydroxyl groups is 1. The smallest absolute Gasteiger partial charge is 0.326 e. The van der Waals surface area contributed by atoms with Crippen LogP contribution < -0.4 is 25.0 Å². The lowest BCUT2D eigenvalue weighted by Gasteiger charge is -2.35. The number of halogens is 1. The average molecular weight is 1000 g/mol. The first kappa shape index (κ1) is 51.4. The largest absolute Gasteiger partial charge is 0.506 e. The van der Waals surface area contributed by atoms with Gasteiger partial charge in [-0.25, -0.2) is 18.4 Å². The molecule has 4 atom stereocenters. The van der Waals surface area contributed by atoms with Crippen LogP contribution in [0.1, 0.15) is 96.4 Å². The van der Waals surface area contributed by atoms with Crippen LogP contribution in [0, 0.1) is 18.2 Å². The van der Waals surface area contributed by atoms with E-state index in [4.69, 9.17) is 0 Å². The van der Waals surface area contributed by atoms with E-state index >= 15 is 4.39 Å². The zero-order valence-electron chi connectivity index (χ0n) is 39.8. The van der Waals surface area contributed by atoms with Gasteiger partial charge in [-0.15, -0.1) is 11.3 Å². The lowest BCUT2D eigenvalue weighted by molar-refractivity contribution is -0.144. The van der Waals surface area contributed by atoms with Crippen molar-refractivity contribution in [3.05, 3.63) is 83.5 Å². The van der Waals surface area contributed by atoms with E-state index in [2.05, 4.69) is 26.0 Å². The van der Waals surface area contributed by atoms with E-state index in [1.165, 1.54) is 27.9 Å². The second-order valence-electron chi connectivity index (χ2n) is 19.1. The van der Waals surface area contributed by atoms with Crippen molar-refractivity contribution in [1.29, 1.82) is 0 Å². The van der Waals surface area contributed by atoms with Crippen molar-refractivity contribution in [1.82, 2.24) is 40.3 Å². The van der Waals surface area contributed by atoms with E-state index in [0.29, 0.717) is 33.8 Å². The Kier molecular flexibility index (Phi) is 15.9. The molecule has 2 aliphatic heterocycles. The normalized spacial score (nSPS) is 17.6. The Morgan fingerprint density at radius 3 is 2.33 bits per heavy atom. The van der Waals surface area contributed by atoms with Crippen molar-refractivity contribution in [2.75, 3.05) is 23.9 Å². The summed E-state index contributed by atoms with van der Waals surface area (Å²) in [7, 11) is -4.37. The Balaban J connectivity index is 0.804. The molecule has 0 bridgehead atoms. The molecule has 2 aromatic heterocycles. The standard InChI is InChI=1S/C49H60FN9O9S2/c1-29(31-13-15-32(16-14-31)45-30(2)52-28-69-45)54-47(65)38-22-36(60)25-58(38)48(66)46(49(3,4)5)55-40(62)12-10-8-6-7-9-11-19-51-41(63)26-57-24-35(23-53-57)33-17-18-34-21-39(61)44(43(50)37(34)20-33)59-27-42(64)56-70(59,67)68/h13-18,20-21,23-24,28-29,36,38,46,60-61H,6-12,19,22,25-27H2,1-5H3,(H,51,63)(H,54,65)(H,55,62)(H,56,64)/t29-,36+,38-,46+/m0/s1. The Labute approximate surface area is 410 Å². The fourth-order valence-electron chi connectivity index (χ4n) is 8.79. The molecule has 0 spiro atoms. The van der Waals surface area contributed by atoms with Crippen molar-refractivity contribution >= 4 is 67.5 Å². The zero-order chi connectivity index (χ0) is 50.5. The molecule has 4 heterocycles. The highest BCUT2D eigenvalue weighted by Gasteiger charge is 2.45. The van der Waals surface area contributed by atoms with Gasteiger partial charge in [0, 0.05) is 43.1 Å². The molecular formula is C49H60FN9O9S2. The number of likely N-dealkylation sites (tertiary alicyclic amines) is 1. The SMILES string of the molecule is Cc1ncsc1-c1ccc([C@H](C)NC(=O)[C@@H]2C[C@@H](O)CN2C(=O)[C@@H](NC(=O)CCCCCCCCNC(=O)Cn2cc(-c3ccc4cc(O)c(N5CC(=O)NS5(=O)=O)c(F)c4c3)cn2)C(C)(C)C)cc1. The number of hydrogen-bond acceptors (Lipinski definition) is 12. The van der Waals surface area contributed by atoms with Crippen molar-refractivity contribution < 1.29 is 47.0 Å². The first-order valence-corrected chi connectivity index (χ1v) is 25.7. The summed E-state index contributed by atoms with van der Waals surface area (Å²) in [6.07, 6.45) is 7.40. The van der Waals surface area contributed by atoms with Crippen LogP contribution >= 0.6 is 11.3 Å². The summed E-state index contributed by atoms with van der Waals surface area (Å²) in [5.41, 5.74) is 4.49. The van der Waals surface area contributed by atoms with Gasteiger partial charge in [0.2, 0.25) is 23.6 Å². The molecule has 0 aliphatic carbocycles. The maximum Gasteiger partial charge on any atom is 0.326 e. The number of nitrogens with zero attached hydrogens (tertiary/aromatic N) is 5. The van der Waals surface area contributed by atoms with E-state index in [1.54, 1.807) is 34.4 Å². The molecule has 374 valence electrons. The summed E-state index contributed by atoms with van der Waals surface area (Å²) >= 11 is 1.57. The van der Waals surface area contributed by atoms with Crippen LogP contribution in [-0.2, 0) is 40.7 Å². The summed E-state index contributed by atoms with van der Waals surface area (Å²) in [4.78, 5) is 72.2. The number of aliphatic hydroxyl groups excluding tert-OH is 1. The number of anilines is 1. The number of unbranched alkanes of at least 4 members (excludes halogenated alkanes) is 5. The summed E-state index contributed by atoms with van der Waals surface area (Å²) < 4.78 is 44.2. The Hall–Kier alpha value is -6.45. The lowest BCUT2D eigenvalue weighted by atomic mass is 9.85. The minimum absolute atomic E-state index is 0.0109. The molecule has 7 rings (SSSR count). The predicted octanol–water partition coefficient (Wildman–Crippen LogP) is 5.38. The number of rotatable bonds is 19. The molecule has 3 aromatic carbocycles. The summed E-state index contributed by atoms with van der Waals surface area (Å²) in [5.74, 6) is -3.79. The number of hydrogen-bond donors (Lipinski definition) is 6. The number of phenols is 1. The first-order valence-electron chi connectivity index (χ1n) is 23.4. The number of benzene rings is 3. The molecule has 0 radical (unpaired) electrons. The van der Waals surface area contributed by atoms with Crippen LogP contribution in [0.25, 0.3) is 32.3 Å². The lowest BCUT2D eigenvalue weighted by Crippen LogP contribution is -2.57. The molecule has 5 amide bonds. The average Bonchev–Trinajstić information content (AvgIpc) is 4.10. The molecule has 6 N–H and O–H groups in total. The summed E-state index contributed by atoms with van der Waals surface area (Å²) in [5, 5.41) is 34.5. The van der Waals surface area contributed by atoms with Gasteiger partial charge < -0.3 is 31.1 Å².